The number of aromatic nitrogens is 2. The van der Waals surface area contributed by atoms with Gasteiger partial charge in [-0.25, -0.2) is 4.98 Å². The van der Waals surface area contributed by atoms with Crippen LogP contribution in [-0.4, -0.2) is 40.6 Å². The first-order valence-electron chi connectivity index (χ1n) is 16.0. The number of benzene rings is 4. The lowest BCUT2D eigenvalue weighted by atomic mass is 10.1. The van der Waals surface area contributed by atoms with Gasteiger partial charge in [0.25, 0.3) is 0 Å². The molecule has 0 amide bonds. The maximum atomic E-state index is 12.4. The molecule has 0 saturated heterocycles. The van der Waals surface area contributed by atoms with Gasteiger partial charge in [0.1, 0.15) is 5.82 Å². The first kappa shape index (κ1) is 30.4. The second-order valence-corrected chi connectivity index (χ2v) is 11.5. The maximum Gasteiger partial charge on any atom is 0.305 e. The molecule has 0 aliphatic carbocycles. The highest BCUT2D eigenvalue weighted by molar-refractivity contribution is 5.70. The minimum absolute atomic E-state index is 0.189. The number of hydrogen-bond acceptors (Lipinski definition) is 8. The number of imidazole rings is 1. The van der Waals surface area contributed by atoms with Crippen LogP contribution in [0.3, 0.4) is 0 Å². The molecule has 2 aliphatic rings. The number of hydrogen-bond donors (Lipinski definition) is 0. The zero-order valence-electron chi connectivity index (χ0n) is 26.4. The highest BCUT2D eigenvalue weighted by Gasteiger charge is 2.24. The SMILES string of the molecule is CCOC(=O)CCCn1c(-c2ccccc2)nc(-c2ccccc2)c1CN(Cc1ccc2c(c1)OCO2)Cc1ccc2c(c1)OCO2. The molecule has 0 spiro atoms. The van der Waals surface area contributed by atoms with Crippen molar-refractivity contribution in [2.75, 3.05) is 20.2 Å². The second kappa shape index (κ2) is 14.0. The predicted octanol–water partition coefficient (Wildman–Crippen LogP) is 7.22. The normalized spacial score (nSPS) is 12.9. The van der Waals surface area contributed by atoms with Crippen molar-refractivity contribution in [2.24, 2.45) is 0 Å². The Balaban J connectivity index is 1.29. The van der Waals surface area contributed by atoms with E-state index in [0.717, 1.165) is 62.5 Å². The third kappa shape index (κ3) is 6.95. The van der Waals surface area contributed by atoms with E-state index in [-0.39, 0.29) is 19.6 Å². The molecule has 7 rings (SSSR count). The fourth-order valence-corrected chi connectivity index (χ4v) is 6.11. The standard InChI is InChI=1S/C38H37N3O6/c1-2-43-36(42)14-9-19-41-31(37(29-10-5-3-6-11-29)39-38(41)30-12-7-4-8-13-30)24-40(22-27-15-17-32-34(20-27)46-25-44-32)23-28-16-18-33-35(21-28)47-26-45-33/h3-8,10-13,15-18,20-21H,2,9,14,19,22-26H2,1H3. The van der Waals surface area contributed by atoms with Crippen molar-refractivity contribution in [2.45, 2.75) is 45.9 Å². The monoisotopic (exact) mass is 631 g/mol. The lowest BCUT2D eigenvalue weighted by Crippen LogP contribution is -2.24. The molecule has 1 aromatic heterocycles. The molecule has 4 aromatic carbocycles. The van der Waals surface area contributed by atoms with E-state index in [0.29, 0.717) is 45.6 Å². The van der Waals surface area contributed by atoms with Crippen LogP contribution in [0.2, 0.25) is 0 Å². The van der Waals surface area contributed by atoms with E-state index in [9.17, 15) is 4.79 Å². The molecule has 0 atom stereocenters. The minimum atomic E-state index is -0.189. The summed E-state index contributed by atoms with van der Waals surface area (Å²) in [4.78, 5) is 20.0. The number of carbonyl (C=O) groups is 1. The van der Waals surface area contributed by atoms with Gasteiger partial charge in [0.2, 0.25) is 13.6 Å². The van der Waals surface area contributed by atoms with Crippen LogP contribution in [0.4, 0.5) is 0 Å². The van der Waals surface area contributed by atoms with E-state index in [1.54, 1.807) is 0 Å². The van der Waals surface area contributed by atoms with Crippen molar-refractivity contribution < 1.29 is 28.5 Å². The average molecular weight is 632 g/mol. The van der Waals surface area contributed by atoms with E-state index in [2.05, 4.69) is 58.0 Å². The van der Waals surface area contributed by atoms with Crippen molar-refractivity contribution in [1.29, 1.82) is 0 Å². The second-order valence-electron chi connectivity index (χ2n) is 11.5. The smallest absolute Gasteiger partial charge is 0.305 e. The molecule has 0 unspecified atom stereocenters. The van der Waals surface area contributed by atoms with Gasteiger partial charge in [-0.05, 0) is 48.7 Å². The van der Waals surface area contributed by atoms with Crippen LogP contribution >= 0.6 is 0 Å². The van der Waals surface area contributed by atoms with Crippen molar-refractivity contribution in [3.05, 3.63) is 114 Å². The Kier molecular flexibility index (Phi) is 9.05. The molecule has 240 valence electrons. The van der Waals surface area contributed by atoms with E-state index < -0.39 is 0 Å². The van der Waals surface area contributed by atoms with E-state index in [4.69, 9.17) is 28.7 Å². The van der Waals surface area contributed by atoms with Crippen LogP contribution in [-0.2, 0) is 35.7 Å². The molecule has 0 bridgehead atoms. The van der Waals surface area contributed by atoms with Crippen LogP contribution in [0.25, 0.3) is 22.6 Å². The molecule has 0 fully saturated rings. The van der Waals surface area contributed by atoms with Gasteiger partial charge in [0, 0.05) is 43.7 Å². The highest BCUT2D eigenvalue weighted by atomic mass is 16.7. The number of esters is 1. The zero-order chi connectivity index (χ0) is 32.0. The highest BCUT2D eigenvalue weighted by Crippen LogP contribution is 2.36. The number of ether oxygens (including phenoxy) is 5. The fraction of sp³-hybridized carbons (Fsp3) is 0.263. The summed E-state index contributed by atoms with van der Waals surface area (Å²) in [5, 5.41) is 0. The van der Waals surface area contributed by atoms with Crippen molar-refractivity contribution in [1.82, 2.24) is 14.5 Å². The molecule has 0 N–H and O–H groups in total. The minimum Gasteiger partial charge on any atom is -0.466 e. The van der Waals surface area contributed by atoms with E-state index >= 15 is 0 Å². The molecular formula is C38H37N3O6. The molecule has 2 aliphatic heterocycles. The largest absolute Gasteiger partial charge is 0.466 e. The number of fused-ring (bicyclic) bond motifs is 2. The summed E-state index contributed by atoms with van der Waals surface area (Å²) < 4.78 is 30.1. The summed E-state index contributed by atoms with van der Waals surface area (Å²) in [5.41, 5.74) is 6.25. The van der Waals surface area contributed by atoms with Crippen LogP contribution in [0.1, 0.15) is 36.6 Å². The third-order valence-corrected chi connectivity index (χ3v) is 8.28. The zero-order valence-corrected chi connectivity index (χ0v) is 26.4. The van der Waals surface area contributed by atoms with Crippen LogP contribution in [0, 0.1) is 0 Å². The van der Waals surface area contributed by atoms with Crippen molar-refractivity contribution in [3.63, 3.8) is 0 Å². The first-order valence-corrected chi connectivity index (χ1v) is 16.0. The summed E-state index contributed by atoms with van der Waals surface area (Å²) in [6.07, 6.45) is 0.957. The molecule has 9 heteroatoms. The van der Waals surface area contributed by atoms with Gasteiger partial charge in [-0.2, -0.15) is 0 Å². The molecule has 5 aromatic rings. The lowest BCUT2D eigenvalue weighted by Gasteiger charge is -2.25. The van der Waals surface area contributed by atoms with Crippen molar-refractivity contribution >= 4 is 5.97 Å². The Hall–Kier alpha value is -5.28. The van der Waals surface area contributed by atoms with Gasteiger partial charge in [-0.15, -0.1) is 0 Å². The first-order chi connectivity index (χ1) is 23.1. The Bertz CT molecular complexity index is 1780. The average Bonchev–Trinajstić information content (AvgIpc) is 3.85. The molecule has 9 nitrogen and oxygen atoms in total. The van der Waals surface area contributed by atoms with Gasteiger partial charge >= 0.3 is 5.97 Å². The number of rotatable bonds is 13. The molecule has 0 saturated carbocycles. The van der Waals surface area contributed by atoms with E-state index in [1.807, 2.05) is 55.5 Å². The lowest BCUT2D eigenvalue weighted by molar-refractivity contribution is -0.143. The topological polar surface area (TPSA) is 84.3 Å². The molecule has 0 radical (unpaired) electrons. The van der Waals surface area contributed by atoms with Crippen LogP contribution in [0.5, 0.6) is 23.0 Å². The number of carbonyl (C=O) groups excluding carboxylic acids is 1. The van der Waals surface area contributed by atoms with Crippen LogP contribution < -0.4 is 18.9 Å². The van der Waals surface area contributed by atoms with Gasteiger partial charge in [0.05, 0.1) is 18.0 Å². The Labute approximate surface area is 274 Å². The number of nitrogens with zero attached hydrogens (tertiary/aromatic N) is 3. The van der Waals surface area contributed by atoms with Gasteiger partial charge < -0.3 is 28.3 Å². The van der Waals surface area contributed by atoms with Gasteiger partial charge in [-0.1, -0.05) is 72.8 Å². The maximum absolute atomic E-state index is 12.4. The molecular weight excluding hydrogens is 594 g/mol. The third-order valence-electron chi connectivity index (χ3n) is 8.28. The fourth-order valence-electron chi connectivity index (χ4n) is 6.11. The Morgan fingerprint density at radius 3 is 1.91 bits per heavy atom. The van der Waals surface area contributed by atoms with E-state index in [1.165, 1.54) is 0 Å². The quantitative estimate of drug-likeness (QED) is 0.126. The summed E-state index contributed by atoms with van der Waals surface area (Å²) in [7, 11) is 0. The predicted molar refractivity (Wildman–Crippen MR) is 177 cm³/mol. The summed E-state index contributed by atoms with van der Waals surface area (Å²) in [6.45, 7) is 5.16. The molecule has 47 heavy (non-hydrogen) atoms. The Morgan fingerprint density at radius 2 is 1.32 bits per heavy atom. The van der Waals surface area contributed by atoms with Gasteiger partial charge in [0.15, 0.2) is 23.0 Å². The summed E-state index contributed by atoms with van der Waals surface area (Å²) in [5.74, 6) is 3.71. The van der Waals surface area contributed by atoms with Crippen LogP contribution in [0.15, 0.2) is 97.1 Å². The summed E-state index contributed by atoms with van der Waals surface area (Å²) in [6, 6.07) is 32.8. The Morgan fingerprint density at radius 1 is 0.745 bits per heavy atom. The van der Waals surface area contributed by atoms with Crippen molar-refractivity contribution in [3.8, 4) is 45.6 Å². The summed E-state index contributed by atoms with van der Waals surface area (Å²) >= 11 is 0. The molecule has 3 heterocycles. The van der Waals surface area contributed by atoms with Gasteiger partial charge in [-0.3, -0.25) is 9.69 Å².